The Balaban J connectivity index is 1.44. The largest absolute Gasteiger partial charge is 0.413 e. The van der Waals surface area contributed by atoms with Crippen LogP contribution in [0.25, 0.3) is 0 Å². The molecule has 1 aliphatic heterocycles. The number of aromatic nitrogens is 3. The van der Waals surface area contributed by atoms with Crippen molar-refractivity contribution in [1.82, 2.24) is 20.1 Å². The molecular weight excluding hydrogens is 280 g/mol. The maximum atomic E-state index is 9.30. The summed E-state index contributed by atoms with van der Waals surface area (Å²) in [7, 11) is 0. The molecule has 22 heavy (non-hydrogen) atoms. The van der Waals surface area contributed by atoms with E-state index >= 15 is 0 Å². The average Bonchev–Trinajstić information content (AvgIpc) is 3.16. The molecule has 2 aromatic rings. The molecule has 4 rings (SSSR count). The van der Waals surface area contributed by atoms with Crippen LogP contribution < -0.4 is 0 Å². The highest BCUT2D eigenvalue weighted by Crippen LogP contribution is 2.41. The molecule has 1 N–H and O–H groups in total. The maximum Gasteiger partial charge on any atom is 0.109 e. The van der Waals surface area contributed by atoms with Gasteiger partial charge in [-0.2, -0.15) is 0 Å². The monoisotopic (exact) mass is 298 g/mol. The third-order valence-corrected chi connectivity index (χ3v) is 4.46. The van der Waals surface area contributed by atoms with Crippen LogP contribution in [-0.2, 0) is 11.4 Å². The molecule has 2 heterocycles. The smallest absolute Gasteiger partial charge is 0.109 e. The van der Waals surface area contributed by atoms with Crippen molar-refractivity contribution in [2.45, 2.75) is 37.6 Å². The zero-order chi connectivity index (χ0) is 14.9. The van der Waals surface area contributed by atoms with Crippen LogP contribution >= 0.6 is 0 Å². The zero-order valence-corrected chi connectivity index (χ0v) is 12.1. The van der Waals surface area contributed by atoms with E-state index in [9.17, 15) is 5.11 Å². The third kappa shape index (κ3) is 2.20. The second-order valence-electron chi connectivity index (χ2n) is 5.76. The van der Waals surface area contributed by atoms with Crippen molar-refractivity contribution in [3.8, 4) is 0 Å². The molecule has 0 spiro atoms. The first-order chi connectivity index (χ1) is 10.9. The molecule has 1 saturated carbocycles. The minimum Gasteiger partial charge on any atom is -0.413 e. The lowest BCUT2D eigenvalue weighted by molar-refractivity contribution is -0.168. The summed E-state index contributed by atoms with van der Waals surface area (Å²) in [5.74, 6) is 0. The number of nitrogens with zero attached hydrogens (tertiary/aromatic N) is 4. The number of benzene rings is 1. The molecule has 1 atom stereocenters. The Morgan fingerprint density at radius 3 is 2.77 bits per heavy atom. The molecule has 1 fully saturated rings. The molecule has 0 saturated heterocycles. The van der Waals surface area contributed by atoms with Crippen molar-refractivity contribution in [2.75, 3.05) is 0 Å². The van der Waals surface area contributed by atoms with Gasteiger partial charge in [0.2, 0.25) is 0 Å². The average molecular weight is 298 g/mol. The maximum absolute atomic E-state index is 9.30. The summed E-state index contributed by atoms with van der Waals surface area (Å²) >= 11 is 0. The Bertz CT molecular complexity index is 664. The number of rotatable bonds is 4. The fourth-order valence-electron chi connectivity index (χ4n) is 3.20. The van der Waals surface area contributed by atoms with E-state index in [-0.39, 0.29) is 18.7 Å². The summed E-state index contributed by atoms with van der Waals surface area (Å²) in [5.41, 5.74) is 2.00. The molecule has 6 heteroatoms. The molecule has 1 aromatic heterocycles. The van der Waals surface area contributed by atoms with Gasteiger partial charge in [0.1, 0.15) is 6.26 Å². The summed E-state index contributed by atoms with van der Waals surface area (Å²) in [6.45, 7) is -0.0252. The Morgan fingerprint density at radius 2 is 2.00 bits per heavy atom. The highest BCUT2D eigenvalue weighted by atomic mass is 16.7. The van der Waals surface area contributed by atoms with Gasteiger partial charge in [0, 0.05) is 0 Å². The summed E-state index contributed by atoms with van der Waals surface area (Å²) in [6, 6.07) is 11.2. The van der Waals surface area contributed by atoms with Crippen LogP contribution in [0.15, 0.2) is 48.9 Å². The van der Waals surface area contributed by atoms with Gasteiger partial charge in [-0.25, -0.2) is 4.68 Å². The van der Waals surface area contributed by atoms with Crippen LogP contribution in [0.3, 0.4) is 0 Å². The van der Waals surface area contributed by atoms with Gasteiger partial charge in [-0.3, -0.25) is 0 Å². The standard InChI is InChI=1S/C16H18N4O2/c21-11-15-10-17-18-19(15)13-8-14(9-13)20-16(6-7-22-20)12-4-2-1-3-5-12/h1-7,10,13-14,16,21H,8-9,11H2. The van der Waals surface area contributed by atoms with E-state index in [4.69, 9.17) is 4.84 Å². The van der Waals surface area contributed by atoms with E-state index < -0.39 is 0 Å². The lowest BCUT2D eigenvalue weighted by Gasteiger charge is -2.42. The summed E-state index contributed by atoms with van der Waals surface area (Å²) in [4.78, 5) is 5.70. The van der Waals surface area contributed by atoms with Crippen molar-refractivity contribution in [3.63, 3.8) is 0 Å². The number of aliphatic hydroxyl groups excluding tert-OH is 1. The molecular formula is C16H18N4O2. The number of hydroxylamine groups is 2. The molecule has 1 aliphatic carbocycles. The van der Waals surface area contributed by atoms with E-state index in [1.54, 1.807) is 12.5 Å². The van der Waals surface area contributed by atoms with Crippen molar-refractivity contribution in [2.24, 2.45) is 0 Å². The number of aliphatic hydroxyl groups is 1. The van der Waals surface area contributed by atoms with Gasteiger partial charge in [0.15, 0.2) is 0 Å². The van der Waals surface area contributed by atoms with Crippen LogP contribution in [0.5, 0.6) is 0 Å². The zero-order valence-electron chi connectivity index (χ0n) is 12.1. The second-order valence-corrected chi connectivity index (χ2v) is 5.76. The first-order valence-corrected chi connectivity index (χ1v) is 7.53. The predicted octanol–water partition coefficient (Wildman–Crippen LogP) is 1.98. The SMILES string of the molecule is OCc1cnnn1C1CC(N2OC=CC2c2ccccc2)C1. The topological polar surface area (TPSA) is 63.4 Å². The van der Waals surface area contributed by atoms with E-state index in [0.29, 0.717) is 6.04 Å². The van der Waals surface area contributed by atoms with Gasteiger partial charge in [-0.05, 0) is 24.5 Å². The van der Waals surface area contributed by atoms with E-state index in [1.807, 2.05) is 22.9 Å². The van der Waals surface area contributed by atoms with Gasteiger partial charge in [-0.15, -0.1) is 10.2 Å². The Morgan fingerprint density at radius 1 is 1.18 bits per heavy atom. The van der Waals surface area contributed by atoms with Crippen molar-refractivity contribution < 1.29 is 9.94 Å². The molecule has 6 nitrogen and oxygen atoms in total. The fourth-order valence-corrected chi connectivity index (χ4v) is 3.20. The summed E-state index contributed by atoms with van der Waals surface area (Å²) < 4.78 is 1.83. The molecule has 1 aromatic carbocycles. The molecule has 0 radical (unpaired) electrons. The Kier molecular flexibility index (Phi) is 3.40. The molecule has 2 aliphatic rings. The number of hydrogen-bond acceptors (Lipinski definition) is 5. The van der Waals surface area contributed by atoms with Crippen molar-refractivity contribution in [1.29, 1.82) is 0 Å². The van der Waals surface area contributed by atoms with E-state index in [1.165, 1.54) is 5.56 Å². The highest BCUT2D eigenvalue weighted by molar-refractivity contribution is 5.24. The molecule has 0 amide bonds. The first-order valence-electron chi connectivity index (χ1n) is 7.53. The van der Waals surface area contributed by atoms with Gasteiger partial charge in [0.25, 0.3) is 0 Å². The summed E-state index contributed by atoms with van der Waals surface area (Å²) in [5, 5.41) is 19.3. The van der Waals surface area contributed by atoms with E-state index in [0.717, 1.165) is 18.5 Å². The first kappa shape index (κ1) is 13.5. The van der Waals surface area contributed by atoms with Crippen LogP contribution in [0.1, 0.15) is 36.2 Å². The predicted molar refractivity (Wildman–Crippen MR) is 79.3 cm³/mol. The van der Waals surface area contributed by atoms with E-state index in [2.05, 4.69) is 33.6 Å². The molecule has 114 valence electrons. The quantitative estimate of drug-likeness (QED) is 0.935. The highest BCUT2D eigenvalue weighted by Gasteiger charge is 2.41. The second kappa shape index (κ2) is 5.55. The van der Waals surface area contributed by atoms with Gasteiger partial charge >= 0.3 is 0 Å². The van der Waals surface area contributed by atoms with Crippen LogP contribution in [0.4, 0.5) is 0 Å². The molecule has 1 unspecified atom stereocenters. The van der Waals surface area contributed by atoms with Crippen molar-refractivity contribution >= 4 is 0 Å². The Labute approximate surface area is 128 Å². The van der Waals surface area contributed by atoms with Crippen LogP contribution in [0.2, 0.25) is 0 Å². The van der Waals surface area contributed by atoms with Crippen LogP contribution in [0, 0.1) is 0 Å². The fraction of sp³-hybridized carbons (Fsp3) is 0.375. The summed E-state index contributed by atoms with van der Waals surface area (Å²) in [6.07, 6.45) is 7.35. The van der Waals surface area contributed by atoms with Gasteiger partial charge < -0.3 is 9.94 Å². The third-order valence-electron chi connectivity index (χ3n) is 4.46. The normalized spacial score (nSPS) is 27.6. The minimum absolute atomic E-state index is 0.0252. The lowest BCUT2D eigenvalue weighted by atomic mass is 9.85. The van der Waals surface area contributed by atoms with Crippen LogP contribution in [-0.4, -0.2) is 31.2 Å². The minimum atomic E-state index is -0.0252. The lowest BCUT2D eigenvalue weighted by Crippen LogP contribution is -2.45. The van der Waals surface area contributed by atoms with Gasteiger partial charge in [-0.1, -0.05) is 35.5 Å². The number of hydrogen-bond donors (Lipinski definition) is 1. The molecule has 0 bridgehead atoms. The Hall–Kier alpha value is -2.18. The van der Waals surface area contributed by atoms with Crippen molar-refractivity contribution in [3.05, 3.63) is 60.1 Å². The van der Waals surface area contributed by atoms with Gasteiger partial charge in [0.05, 0.1) is 36.6 Å².